The van der Waals surface area contributed by atoms with E-state index in [1.807, 2.05) is 44.3 Å². The number of ether oxygens (including phenoxy) is 1. The number of aromatic nitrogens is 1. The number of nitrogens with zero attached hydrogens (tertiary/aromatic N) is 3. The van der Waals surface area contributed by atoms with E-state index in [9.17, 15) is 9.59 Å². The predicted molar refractivity (Wildman–Crippen MR) is 143 cm³/mol. The first-order valence-electron chi connectivity index (χ1n) is 12.6. The summed E-state index contributed by atoms with van der Waals surface area (Å²) >= 11 is 0. The number of fused-ring (bicyclic) bond motifs is 1. The van der Waals surface area contributed by atoms with E-state index >= 15 is 0 Å². The van der Waals surface area contributed by atoms with Crippen molar-refractivity contribution in [1.29, 1.82) is 0 Å². The van der Waals surface area contributed by atoms with Crippen LogP contribution in [0.5, 0.6) is 0 Å². The van der Waals surface area contributed by atoms with Gasteiger partial charge in [-0.1, -0.05) is 6.07 Å². The number of carbonyl (C=O) groups excluding carboxylic acids is 1. The summed E-state index contributed by atoms with van der Waals surface area (Å²) < 4.78 is 7.05. The molecule has 0 atom stereocenters. The van der Waals surface area contributed by atoms with Crippen LogP contribution in [0.15, 0.2) is 47.3 Å². The SMILES string of the molecule is CCn1c(=O)cc(C2CCN(C)CC2)c2cc(C(=O)N(C)c3ccc(C)c(CCOC)c3)ccc21. The Bertz CT molecular complexity index is 1270. The van der Waals surface area contributed by atoms with Crippen LogP contribution in [0.4, 0.5) is 5.69 Å². The highest BCUT2D eigenvalue weighted by atomic mass is 16.5. The zero-order valence-corrected chi connectivity index (χ0v) is 21.6. The Kier molecular flexibility index (Phi) is 7.72. The van der Waals surface area contributed by atoms with Gasteiger partial charge in [0.05, 0.1) is 12.1 Å². The van der Waals surface area contributed by atoms with Crippen molar-refractivity contribution in [2.75, 3.05) is 45.8 Å². The molecule has 1 saturated heterocycles. The smallest absolute Gasteiger partial charge is 0.258 e. The molecule has 1 aromatic heterocycles. The largest absolute Gasteiger partial charge is 0.384 e. The first-order valence-corrected chi connectivity index (χ1v) is 12.6. The molecule has 0 radical (unpaired) electrons. The Balaban J connectivity index is 1.73. The van der Waals surface area contributed by atoms with Gasteiger partial charge in [0, 0.05) is 43.4 Å². The summed E-state index contributed by atoms with van der Waals surface area (Å²) in [7, 11) is 5.66. The van der Waals surface area contributed by atoms with Gasteiger partial charge >= 0.3 is 0 Å². The van der Waals surface area contributed by atoms with Crippen LogP contribution in [0.25, 0.3) is 10.9 Å². The van der Waals surface area contributed by atoms with Crippen molar-refractivity contribution in [3.8, 4) is 0 Å². The van der Waals surface area contributed by atoms with Gasteiger partial charge in [0.2, 0.25) is 0 Å². The first kappa shape index (κ1) is 25.1. The third kappa shape index (κ3) is 5.19. The number of carbonyl (C=O) groups is 1. The summed E-state index contributed by atoms with van der Waals surface area (Å²) in [6, 6.07) is 13.7. The molecule has 1 fully saturated rings. The molecule has 6 nitrogen and oxygen atoms in total. The Morgan fingerprint density at radius 2 is 1.86 bits per heavy atom. The topological polar surface area (TPSA) is 54.8 Å². The molecule has 0 saturated carbocycles. The molecule has 1 aliphatic heterocycles. The third-order valence-electron chi connectivity index (χ3n) is 7.47. The Morgan fingerprint density at radius 1 is 1.11 bits per heavy atom. The summed E-state index contributed by atoms with van der Waals surface area (Å²) in [5.74, 6) is 0.272. The normalized spacial score (nSPS) is 15.0. The Labute approximate surface area is 208 Å². The fourth-order valence-corrected chi connectivity index (χ4v) is 5.19. The molecule has 1 amide bonds. The van der Waals surface area contributed by atoms with Gasteiger partial charge in [-0.15, -0.1) is 0 Å². The van der Waals surface area contributed by atoms with Crippen LogP contribution in [0, 0.1) is 6.92 Å². The van der Waals surface area contributed by atoms with E-state index in [2.05, 4.69) is 31.0 Å². The van der Waals surface area contributed by atoms with Gasteiger partial charge in [-0.2, -0.15) is 0 Å². The Morgan fingerprint density at radius 3 is 2.54 bits per heavy atom. The number of amides is 1. The second kappa shape index (κ2) is 10.8. The van der Waals surface area contributed by atoms with Crippen LogP contribution in [-0.4, -0.2) is 56.3 Å². The molecule has 0 aliphatic carbocycles. The minimum absolute atomic E-state index is 0.0355. The van der Waals surface area contributed by atoms with Gasteiger partial charge in [-0.25, -0.2) is 0 Å². The minimum Gasteiger partial charge on any atom is -0.384 e. The van der Waals surface area contributed by atoms with E-state index < -0.39 is 0 Å². The van der Waals surface area contributed by atoms with Gasteiger partial charge in [0.25, 0.3) is 11.5 Å². The molecule has 6 heteroatoms. The quantitative estimate of drug-likeness (QED) is 0.501. The number of hydrogen-bond acceptors (Lipinski definition) is 4. The maximum atomic E-state index is 13.6. The van der Waals surface area contributed by atoms with Crippen molar-refractivity contribution >= 4 is 22.5 Å². The van der Waals surface area contributed by atoms with Crippen LogP contribution >= 0.6 is 0 Å². The number of pyridine rings is 1. The third-order valence-corrected chi connectivity index (χ3v) is 7.47. The molecule has 4 rings (SSSR count). The molecule has 1 aliphatic rings. The summed E-state index contributed by atoms with van der Waals surface area (Å²) in [6.45, 7) is 7.35. The maximum Gasteiger partial charge on any atom is 0.258 e. The lowest BCUT2D eigenvalue weighted by Crippen LogP contribution is -2.30. The molecule has 2 heterocycles. The van der Waals surface area contributed by atoms with Crippen molar-refractivity contribution in [3.63, 3.8) is 0 Å². The van der Waals surface area contributed by atoms with Crippen LogP contribution in [0.2, 0.25) is 0 Å². The van der Waals surface area contributed by atoms with Crippen molar-refractivity contribution in [2.45, 2.75) is 45.6 Å². The highest BCUT2D eigenvalue weighted by Gasteiger charge is 2.23. The number of likely N-dealkylation sites (tertiary alicyclic amines) is 1. The average Bonchev–Trinajstić information content (AvgIpc) is 2.87. The molecule has 0 bridgehead atoms. The van der Waals surface area contributed by atoms with E-state index in [4.69, 9.17) is 4.74 Å². The molecule has 3 aromatic rings. The monoisotopic (exact) mass is 475 g/mol. The van der Waals surface area contributed by atoms with Gasteiger partial charge in [-0.3, -0.25) is 9.59 Å². The number of rotatable bonds is 7. The first-order chi connectivity index (χ1) is 16.8. The number of benzene rings is 2. The molecule has 2 aromatic carbocycles. The number of aryl methyl sites for hydroxylation is 2. The molecule has 0 N–H and O–H groups in total. The lowest BCUT2D eigenvalue weighted by atomic mass is 9.87. The van der Waals surface area contributed by atoms with Crippen LogP contribution in [0.1, 0.15) is 52.7 Å². The summed E-state index contributed by atoms with van der Waals surface area (Å²) in [6.07, 6.45) is 2.85. The van der Waals surface area contributed by atoms with Crippen LogP contribution in [0.3, 0.4) is 0 Å². The lowest BCUT2D eigenvalue weighted by Gasteiger charge is -2.30. The van der Waals surface area contributed by atoms with Gasteiger partial charge < -0.3 is 19.1 Å². The molecule has 0 unspecified atom stereocenters. The van der Waals surface area contributed by atoms with Crippen molar-refractivity contribution in [3.05, 3.63) is 75.1 Å². The maximum absolute atomic E-state index is 13.6. The van der Waals surface area contributed by atoms with E-state index in [-0.39, 0.29) is 11.5 Å². The second-order valence-corrected chi connectivity index (χ2v) is 9.71. The average molecular weight is 476 g/mol. The van der Waals surface area contributed by atoms with Gasteiger partial charge in [0.1, 0.15) is 0 Å². The summed E-state index contributed by atoms with van der Waals surface area (Å²) in [5.41, 5.74) is 5.89. The molecule has 35 heavy (non-hydrogen) atoms. The van der Waals surface area contributed by atoms with E-state index in [0.29, 0.717) is 24.6 Å². The van der Waals surface area contributed by atoms with Gasteiger partial charge in [0.15, 0.2) is 0 Å². The fourth-order valence-electron chi connectivity index (χ4n) is 5.19. The Hall–Kier alpha value is -2.96. The minimum atomic E-state index is -0.0583. The van der Waals surface area contributed by atoms with Crippen molar-refractivity contribution in [1.82, 2.24) is 9.47 Å². The number of piperidine rings is 1. The lowest BCUT2D eigenvalue weighted by molar-refractivity contribution is 0.0993. The number of methoxy groups -OCH3 is 1. The van der Waals surface area contributed by atoms with Crippen LogP contribution in [-0.2, 0) is 17.7 Å². The zero-order chi connectivity index (χ0) is 25.1. The molecular formula is C29H37N3O3. The number of hydrogen-bond donors (Lipinski definition) is 0. The molecule has 0 spiro atoms. The molecular weight excluding hydrogens is 438 g/mol. The highest BCUT2D eigenvalue weighted by Crippen LogP contribution is 2.33. The molecule has 186 valence electrons. The highest BCUT2D eigenvalue weighted by molar-refractivity contribution is 6.07. The second-order valence-electron chi connectivity index (χ2n) is 9.71. The summed E-state index contributed by atoms with van der Waals surface area (Å²) in [4.78, 5) is 30.5. The van der Waals surface area contributed by atoms with Crippen molar-refractivity contribution in [2.24, 2.45) is 0 Å². The predicted octanol–water partition coefficient (Wildman–Crippen LogP) is 4.60. The summed E-state index contributed by atoms with van der Waals surface area (Å²) in [5, 5.41) is 1.02. The van der Waals surface area contributed by atoms with E-state index in [1.54, 1.807) is 16.6 Å². The van der Waals surface area contributed by atoms with E-state index in [1.165, 1.54) is 11.1 Å². The van der Waals surface area contributed by atoms with Crippen LogP contribution < -0.4 is 10.5 Å². The van der Waals surface area contributed by atoms with Gasteiger partial charge in [-0.05, 0) is 106 Å². The standard InChI is InChI=1S/C29H37N3O3/c1-6-32-27-10-8-23(18-26(27)25(19-28(32)33)21-11-14-30(3)15-12-21)29(34)31(4)24-9-7-20(2)22(17-24)13-16-35-5/h7-10,17-19,21H,6,11-16H2,1-5H3. The van der Waals surface area contributed by atoms with E-state index in [0.717, 1.165) is 54.5 Å². The van der Waals surface area contributed by atoms with Crippen molar-refractivity contribution < 1.29 is 9.53 Å². The fraction of sp³-hybridized carbons (Fsp3) is 0.448. The zero-order valence-electron chi connectivity index (χ0n) is 21.6. The number of anilines is 1.